The maximum atomic E-state index is 13.1. The van der Waals surface area contributed by atoms with Gasteiger partial charge >= 0.3 is 6.18 Å². The zero-order valence-electron chi connectivity index (χ0n) is 18.3. The number of ether oxygens (including phenoxy) is 3. The summed E-state index contributed by atoms with van der Waals surface area (Å²) in [5.41, 5.74) is 0.414. The molecule has 0 aromatic heterocycles. The number of methoxy groups -OCH3 is 3. The Hall–Kier alpha value is -2.68. The topological polar surface area (TPSA) is 43.0 Å². The van der Waals surface area contributed by atoms with Crippen LogP contribution in [0.3, 0.4) is 0 Å². The second-order valence-electron chi connectivity index (χ2n) is 7.57. The van der Waals surface area contributed by atoms with Crippen LogP contribution in [0.5, 0.6) is 17.2 Å². The molecule has 0 radical (unpaired) electrons. The molecule has 1 N–H and O–H groups in total. The van der Waals surface area contributed by atoms with Gasteiger partial charge in [-0.2, -0.15) is 13.2 Å². The van der Waals surface area contributed by atoms with E-state index in [9.17, 15) is 13.2 Å². The molecule has 2 aromatic rings. The number of hydrogen-bond acceptors (Lipinski definition) is 4. The molecule has 0 saturated heterocycles. The van der Waals surface area contributed by atoms with Gasteiger partial charge in [-0.1, -0.05) is 18.9 Å². The van der Waals surface area contributed by atoms with Gasteiger partial charge in [-0.25, -0.2) is 0 Å². The van der Waals surface area contributed by atoms with Crippen LogP contribution in [-0.2, 0) is 12.7 Å². The molecular weight excluding hydrogens is 441 g/mol. The van der Waals surface area contributed by atoms with Gasteiger partial charge in [0.1, 0.15) is 0 Å². The molecule has 1 aliphatic carbocycles. The first-order chi connectivity index (χ1) is 15.3. The van der Waals surface area contributed by atoms with Gasteiger partial charge in [-0.05, 0) is 55.4 Å². The lowest BCUT2D eigenvalue weighted by Gasteiger charge is -2.32. The Bertz CT molecular complexity index is 947. The predicted octanol–water partition coefficient (Wildman–Crippen LogP) is 5.87. The summed E-state index contributed by atoms with van der Waals surface area (Å²) in [6.45, 7) is 0.416. The number of thiocarbonyl (C=S) groups is 1. The highest BCUT2D eigenvalue weighted by molar-refractivity contribution is 7.80. The van der Waals surface area contributed by atoms with Gasteiger partial charge in [0.15, 0.2) is 16.6 Å². The van der Waals surface area contributed by atoms with Gasteiger partial charge in [0, 0.05) is 23.8 Å². The summed E-state index contributed by atoms with van der Waals surface area (Å²) in [6.07, 6.45) is -0.343. The Balaban J connectivity index is 1.89. The lowest BCUT2D eigenvalue weighted by molar-refractivity contribution is -0.137. The first-order valence-corrected chi connectivity index (χ1v) is 10.7. The number of benzene rings is 2. The lowest BCUT2D eigenvalue weighted by Crippen LogP contribution is -2.41. The first kappa shape index (κ1) is 24.0. The molecule has 0 spiro atoms. The monoisotopic (exact) mass is 468 g/mol. The molecule has 32 heavy (non-hydrogen) atoms. The van der Waals surface area contributed by atoms with E-state index >= 15 is 0 Å². The van der Waals surface area contributed by atoms with Gasteiger partial charge in [0.25, 0.3) is 0 Å². The van der Waals surface area contributed by atoms with Crippen molar-refractivity contribution in [2.75, 3.05) is 26.6 Å². The molecule has 2 aromatic carbocycles. The summed E-state index contributed by atoms with van der Waals surface area (Å²) in [7, 11) is 4.65. The van der Waals surface area contributed by atoms with E-state index in [0.29, 0.717) is 34.6 Å². The van der Waals surface area contributed by atoms with Crippen molar-refractivity contribution in [2.24, 2.45) is 0 Å². The molecule has 3 rings (SSSR count). The number of halogens is 3. The minimum atomic E-state index is -4.42. The number of nitrogens with zero attached hydrogens (tertiary/aromatic N) is 1. The third-order valence-corrected chi connectivity index (χ3v) is 5.93. The third-order valence-electron chi connectivity index (χ3n) is 5.59. The van der Waals surface area contributed by atoms with Crippen molar-refractivity contribution in [1.82, 2.24) is 4.90 Å². The van der Waals surface area contributed by atoms with E-state index in [1.807, 2.05) is 11.0 Å². The fourth-order valence-corrected chi connectivity index (χ4v) is 4.35. The van der Waals surface area contributed by atoms with Gasteiger partial charge < -0.3 is 24.4 Å². The van der Waals surface area contributed by atoms with Crippen LogP contribution in [0.1, 0.15) is 36.8 Å². The second-order valence-corrected chi connectivity index (χ2v) is 7.96. The smallest absolute Gasteiger partial charge is 0.416 e. The van der Waals surface area contributed by atoms with E-state index in [1.54, 1.807) is 33.5 Å². The molecular formula is C23H27F3N2O3S. The summed E-state index contributed by atoms with van der Waals surface area (Å²) < 4.78 is 55.8. The summed E-state index contributed by atoms with van der Waals surface area (Å²) in [4.78, 5) is 2.02. The first-order valence-electron chi connectivity index (χ1n) is 10.3. The molecule has 1 aliphatic rings. The molecule has 0 aliphatic heterocycles. The minimum Gasteiger partial charge on any atom is -0.493 e. The molecule has 1 fully saturated rings. The van der Waals surface area contributed by atoms with Crippen LogP contribution in [0.25, 0.3) is 0 Å². The average Bonchev–Trinajstić information content (AvgIpc) is 3.30. The highest BCUT2D eigenvalue weighted by atomic mass is 32.1. The normalized spacial score (nSPS) is 14.2. The molecule has 1 saturated carbocycles. The molecule has 0 unspecified atom stereocenters. The largest absolute Gasteiger partial charge is 0.493 e. The van der Waals surface area contributed by atoms with Gasteiger partial charge in [0.2, 0.25) is 5.75 Å². The Morgan fingerprint density at radius 2 is 1.72 bits per heavy atom. The van der Waals surface area contributed by atoms with Crippen LogP contribution in [0.4, 0.5) is 18.9 Å². The zero-order valence-corrected chi connectivity index (χ0v) is 19.1. The summed E-state index contributed by atoms with van der Waals surface area (Å²) >= 11 is 5.66. The predicted molar refractivity (Wildman–Crippen MR) is 122 cm³/mol. The van der Waals surface area contributed by atoms with Crippen molar-refractivity contribution in [1.29, 1.82) is 0 Å². The van der Waals surface area contributed by atoms with Crippen LogP contribution >= 0.6 is 12.2 Å². The van der Waals surface area contributed by atoms with Gasteiger partial charge in [0.05, 0.1) is 26.9 Å². The van der Waals surface area contributed by atoms with E-state index in [-0.39, 0.29) is 6.04 Å². The Morgan fingerprint density at radius 3 is 2.31 bits per heavy atom. The molecule has 0 atom stereocenters. The third kappa shape index (κ3) is 5.38. The van der Waals surface area contributed by atoms with Crippen LogP contribution in [-0.4, -0.2) is 37.4 Å². The van der Waals surface area contributed by atoms with Crippen molar-refractivity contribution in [3.8, 4) is 17.2 Å². The molecule has 0 heterocycles. The average molecular weight is 469 g/mol. The number of rotatable bonds is 7. The van der Waals surface area contributed by atoms with E-state index in [4.69, 9.17) is 26.4 Å². The number of hydrogen-bond donors (Lipinski definition) is 1. The van der Waals surface area contributed by atoms with Crippen LogP contribution in [0.15, 0.2) is 36.4 Å². The van der Waals surface area contributed by atoms with E-state index < -0.39 is 11.7 Å². The fourth-order valence-electron chi connectivity index (χ4n) is 4.02. The van der Waals surface area contributed by atoms with E-state index in [1.165, 1.54) is 6.07 Å². The minimum absolute atomic E-state index is 0.179. The quantitative estimate of drug-likeness (QED) is 0.513. The summed E-state index contributed by atoms with van der Waals surface area (Å²) in [5, 5.41) is 3.37. The lowest BCUT2D eigenvalue weighted by atomic mass is 10.1. The second kappa shape index (κ2) is 10.3. The molecule has 0 bridgehead atoms. The molecule has 9 heteroatoms. The summed E-state index contributed by atoms with van der Waals surface area (Å²) in [5.74, 6) is 1.57. The van der Waals surface area contributed by atoms with E-state index in [0.717, 1.165) is 43.4 Å². The maximum absolute atomic E-state index is 13.1. The highest BCUT2D eigenvalue weighted by Crippen LogP contribution is 2.41. The van der Waals surface area contributed by atoms with Crippen molar-refractivity contribution >= 4 is 23.0 Å². The van der Waals surface area contributed by atoms with Crippen LogP contribution < -0.4 is 19.5 Å². The molecule has 0 amide bonds. The highest BCUT2D eigenvalue weighted by Gasteiger charge is 2.31. The van der Waals surface area contributed by atoms with Crippen LogP contribution in [0, 0.1) is 0 Å². The number of alkyl halides is 3. The Kier molecular flexibility index (Phi) is 7.71. The molecule has 5 nitrogen and oxygen atoms in total. The Labute approximate surface area is 191 Å². The number of anilines is 1. The van der Waals surface area contributed by atoms with Crippen molar-refractivity contribution < 1.29 is 27.4 Å². The van der Waals surface area contributed by atoms with E-state index in [2.05, 4.69) is 5.32 Å². The SMILES string of the molecule is COc1ccc(CN(C(=S)Nc2cccc(C(F)(F)F)c2)C2CCCC2)c(OC)c1OC. The van der Waals surface area contributed by atoms with Crippen LogP contribution in [0.2, 0.25) is 0 Å². The molecule has 174 valence electrons. The fraction of sp³-hybridized carbons (Fsp3) is 0.435. The van der Waals surface area contributed by atoms with Crippen molar-refractivity contribution in [2.45, 2.75) is 44.4 Å². The standard InChI is InChI=1S/C23H27F3N2O3S/c1-29-19-12-11-15(20(30-2)21(19)31-3)14-28(18-9-4-5-10-18)22(32)27-17-8-6-7-16(13-17)23(24,25)26/h6-8,11-13,18H,4-5,9-10,14H2,1-3H3,(H,27,32). The maximum Gasteiger partial charge on any atom is 0.416 e. The Morgan fingerprint density at radius 1 is 1.03 bits per heavy atom. The van der Waals surface area contributed by atoms with Gasteiger partial charge in [-0.15, -0.1) is 0 Å². The van der Waals surface area contributed by atoms with Gasteiger partial charge in [-0.3, -0.25) is 0 Å². The summed E-state index contributed by atoms with van der Waals surface area (Å²) in [6, 6.07) is 8.91. The zero-order chi connectivity index (χ0) is 23.3. The number of nitrogens with one attached hydrogen (secondary N) is 1. The van der Waals surface area contributed by atoms with Crippen molar-refractivity contribution in [3.63, 3.8) is 0 Å². The van der Waals surface area contributed by atoms with Crippen molar-refractivity contribution in [3.05, 3.63) is 47.5 Å².